The lowest BCUT2D eigenvalue weighted by Gasteiger charge is -2.25. The number of nitrogens with zero attached hydrogens (tertiary/aromatic N) is 1. The van der Waals surface area contributed by atoms with Gasteiger partial charge in [0.05, 0.1) is 24.6 Å². The van der Waals surface area contributed by atoms with Crippen LogP contribution in [0, 0.1) is 9.02 Å². The summed E-state index contributed by atoms with van der Waals surface area (Å²) in [4.78, 5) is 25.8. The van der Waals surface area contributed by atoms with Gasteiger partial charge < -0.3 is 20.3 Å². The average molecular weight is 538 g/mol. The third-order valence-corrected chi connectivity index (χ3v) is 6.63. The predicted molar refractivity (Wildman–Crippen MR) is 160 cm³/mol. The molecule has 6 nitrogen and oxygen atoms in total. The lowest BCUT2D eigenvalue weighted by molar-refractivity contribution is 0.111. The first-order valence-electron chi connectivity index (χ1n) is 13.2. The summed E-state index contributed by atoms with van der Waals surface area (Å²) in [5.74, 6) is 0. The lowest BCUT2D eigenvalue weighted by atomic mass is 9.83. The molecule has 36 heavy (non-hydrogen) atoms. The maximum absolute atomic E-state index is 11.9. The molecule has 0 fully saturated rings. The van der Waals surface area contributed by atoms with Crippen LogP contribution in [0.3, 0.4) is 0 Å². The maximum Gasteiger partial charge on any atom is 0.204 e. The molecule has 8 heteroatoms. The Kier molecular flexibility index (Phi) is 13.1. The van der Waals surface area contributed by atoms with Crippen LogP contribution >= 0.6 is 24.4 Å². The first-order chi connectivity index (χ1) is 16.7. The fourth-order valence-electron chi connectivity index (χ4n) is 4.24. The van der Waals surface area contributed by atoms with Crippen molar-refractivity contribution < 1.29 is 4.74 Å². The summed E-state index contributed by atoms with van der Waals surface area (Å²) < 4.78 is 6.61. The van der Waals surface area contributed by atoms with Crippen LogP contribution < -0.4 is 21.5 Å². The Morgan fingerprint density at radius 2 is 1.17 bits per heavy atom. The van der Waals surface area contributed by atoms with Gasteiger partial charge in [-0.1, -0.05) is 79.8 Å². The number of hydrogen-bond acceptors (Lipinski definition) is 8. The van der Waals surface area contributed by atoms with Gasteiger partial charge in [-0.15, -0.1) is 0 Å². The number of ether oxygens (including phenoxy) is 1. The summed E-state index contributed by atoms with van der Waals surface area (Å²) in [5, 5.41) is 6.41. The van der Waals surface area contributed by atoms with E-state index >= 15 is 0 Å². The Morgan fingerprint density at radius 1 is 0.722 bits per heavy atom. The molecule has 0 saturated heterocycles. The van der Waals surface area contributed by atoms with Crippen LogP contribution in [-0.4, -0.2) is 50.8 Å². The fraction of sp³-hybridized carbons (Fsp3) is 0.714. The second-order valence-corrected chi connectivity index (χ2v) is 12.0. The molecule has 0 spiro atoms. The summed E-state index contributed by atoms with van der Waals surface area (Å²) in [6, 6.07) is 0. The van der Waals surface area contributed by atoms with E-state index in [1.807, 2.05) is 48.5 Å². The maximum atomic E-state index is 11.9. The van der Waals surface area contributed by atoms with E-state index in [0.29, 0.717) is 22.2 Å². The molecule has 2 rings (SSSR count). The number of hydrogen-bond donors (Lipinski definition) is 2. The van der Waals surface area contributed by atoms with Gasteiger partial charge in [0.1, 0.15) is 9.02 Å². The number of anilines is 2. The Balaban J connectivity index is 0.000000420. The molecule has 0 unspecified atom stereocenters. The smallest absolute Gasteiger partial charge is 0.204 e. The van der Waals surface area contributed by atoms with Crippen LogP contribution in [0.4, 0.5) is 11.4 Å². The van der Waals surface area contributed by atoms with Gasteiger partial charge in [0.2, 0.25) is 10.9 Å². The van der Waals surface area contributed by atoms with Gasteiger partial charge in [-0.25, -0.2) is 0 Å². The molecule has 2 aromatic rings. The molecule has 204 valence electrons. The van der Waals surface area contributed by atoms with Crippen molar-refractivity contribution in [2.45, 2.75) is 86.0 Å². The fourth-order valence-corrected chi connectivity index (χ4v) is 4.79. The Bertz CT molecular complexity index is 1090. The van der Waals surface area contributed by atoms with Crippen LogP contribution in [0.15, 0.2) is 9.59 Å². The van der Waals surface area contributed by atoms with E-state index in [-0.39, 0.29) is 21.7 Å². The monoisotopic (exact) mass is 537 g/mol. The normalized spacial score (nSPS) is 12.2. The minimum atomic E-state index is -0.163. The molecule has 0 saturated carbocycles. The van der Waals surface area contributed by atoms with Gasteiger partial charge in [-0.2, -0.15) is 0 Å². The molecular weight excluding hydrogens is 490 g/mol. The van der Waals surface area contributed by atoms with E-state index in [1.54, 1.807) is 0 Å². The topological polar surface area (TPSA) is 70.7 Å². The zero-order chi connectivity index (χ0) is 27.7. The van der Waals surface area contributed by atoms with Crippen LogP contribution in [0.25, 0.3) is 0 Å². The highest BCUT2D eigenvalue weighted by molar-refractivity contribution is 7.72. The predicted octanol–water partition coefficient (Wildman–Crippen LogP) is 5.88. The van der Waals surface area contributed by atoms with Crippen LogP contribution in [0.2, 0.25) is 0 Å². The largest absolute Gasteiger partial charge is 0.384 e. The Hall–Kier alpha value is -1.48. The molecule has 0 aromatic heterocycles. The molecule has 2 N–H and O–H groups in total. The molecule has 0 aliphatic heterocycles. The van der Waals surface area contributed by atoms with E-state index in [0.717, 1.165) is 55.3 Å². The molecular formula is C28H47N3O3S2. The molecule has 0 bridgehead atoms. The third-order valence-electron chi connectivity index (χ3n) is 5.85. The second kappa shape index (κ2) is 14.5. The van der Waals surface area contributed by atoms with Crippen LogP contribution in [0.5, 0.6) is 0 Å². The molecule has 0 amide bonds. The van der Waals surface area contributed by atoms with Crippen molar-refractivity contribution in [2.24, 2.45) is 0 Å². The van der Waals surface area contributed by atoms with Crippen LogP contribution in [-0.2, 0) is 15.6 Å². The lowest BCUT2D eigenvalue weighted by Crippen LogP contribution is -2.32. The van der Waals surface area contributed by atoms with Crippen molar-refractivity contribution >= 4 is 35.8 Å². The number of nitrogens with one attached hydrogen (secondary N) is 2. The van der Waals surface area contributed by atoms with Gasteiger partial charge in [-0.05, 0) is 43.7 Å². The molecule has 0 aliphatic carbocycles. The van der Waals surface area contributed by atoms with Gasteiger partial charge in [0, 0.05) is 30.8 Å². The SMILES string of the molecule is CCCN(CCC)CCOCCNc1c(C(C)(C)C)c(=O)c1=S.CCNc1c(C(C)(C)C)c(=O)c1=S. The van der Waals surface area contributed by atoms with E-state index in [4.69, 9.17) is 29.2 Å². The first-order valence-corrected chi connectivity index (χ1v) is 14.0. The quantitative estimate of drug-likeness (QED) is 0.242. The average Bonchev–Trinajstić information content (AvgIpc) is 2.78. The summed E-state index contributed by atoms with van der Waals surface area (Å²) in [6.07, 6.45) is 2.35. The molecule has 0 radical (unpaired) electrons. The molecule has 0 aliphatic rings. The van der Waals surface area contributed by atoms with Crippen LogP contribution in [0.1, 0.15) is 86.3 Å². The van der Waals surface area contributed by atoms with Gasteiger partial charge in [0.15, 0.2) is 0 Å². The van der Waals surface area contributed by atoms with Gasteiger partial charge >= 0.3 is 0 Å². The zero-order valence-corrected chi connectivity index (χ0v) is 25.5. The standard InChI is InChI=1S/C18H32N2O2S.C10H15NOS/c1-6-9-20(10-7-2)11-13-22-12-8-19-15-14(18(3,4)5)16(21)17(15)23;1-5-11-7-6(10(2,3)4)8(12)9(7)13/h19H,6-13H2,1-5H3;11H,5H2,1-4H3. The summed E-state index contributed by atoms with van der Waals surface area (Å²) in [5.41, 5.74) is 3.19. The van der Waals surface area contributed by atoms with E-state index in [9.17, 15) is 9.59 Å². The highest BCUT2D eigenvalue weighted by Crippen LogP contribution is 2.30. The zero-order valence-electron chi connectivity index (χ0n) is 23.9. The second-order valence-electron chi connectivity index (χ2n) is 11.2. The Labute approximate surface area is 228 Å². The summed E-state index contributed by atoms with van der Waals surface area (Å²) in [7, 11) is 0. The molecule has 2 aromatic carbocycles. The van der Waals surface area contributed by atoms with Crippen molar-refractivity contribution in [2.75, 3.05) is 56.6 Å². The van der Waals surface area contributed by atoms with Crippen molar-refractivity contribution in [3.05, 3.63) is 40.6 Å². The van der Waals surface area contributed by atoms with Gasteiger partial charge in [0.25, 0.3) is 0 Å². The minimum absolute atomic E-state index is 0.0192. The Morgan fingerprint density at radius 3 is 1.56 bits per heavy atom. The van der Waals surface area contributed by atoms with Crippen molar-refractivity contribution in [3.8, 4) is 0 Å². The van der Waals surface area contributed by atoms with Crippen molar-refractivity contribution in [1.82, 2.24) is 4.90 Å². The van der Waals surface area contributed by atoms with Crippen molar-refractivity contribution in [3.63, 3.8) is 0 Å². The molecule has 0 heterocycles. The third kappa shape index (κ3) is 8.82. The van der Waals surface area contributed by atoms with E-state index < -0.39 is 0 Å². The summed E-state index contributed by atoms with van der Waals surface area (Å²) >= 11 is 10.1. The molecule has 0 atom stereocenters. The number of rotatable bonds is 13. The first kappa shape index (κ1) is 32.5. The van der Waals surface area contributed by atoms with Gasteiger partial charge in [-0.3, -0.25) is 9.59 Å². The van der Waals surface area contributed by atoms with Crippen molar-refractivity contribution in [1.29, 1.82) is 0 Å². The van der Waals surface area contributed by atoms with E-state index in [1.165, 1.54) is 12.8 Å². The highest BCUT2D eigenvalue weighted by atomic mass is 32.1. The van der Waals surface area contributed by atoms with E-state index in [2.05, 4.69) is 29.4 Å². The summed E-state index contributed by atoms with van der Waals surface area (Å²) in [6.45, 7) is 24.7. The minimum Gasteiger partial charge on any atom is -0.384 e. The highest BCUT2D eigenvalue weighted by Gasteiger charge is 2.28.